The molecule has 2 aliphatic heterocycles. The third-order valence-electron chi connectivity index (χ3n) is 3.75. The second kappa shape index (κ2) is 10.2. The highest BCUT2D eigenvalue weighted by Gasteiger charge is 2.18. The fourth-order valence-electron chi connectivity index (χ4n) is 2.60. The molecule has 23 heavy (non-hydrogen) atoms. The van der Waals surface area contributed by atoms with Gasteiger partial charge in [0.1, 0.15) is 0 Å². The molecule has 2 nitrogen and oxygen atoms in total. The number of fused-ring (bicyclic) bond motifs is 2. The summed E-state index contributed by atoms with van der Waals surface area (Å²) in [6, 6.07) is 0. The Morgan fingerprint density at radius 3 is 1.96 bits per heavy atom. The SMILES string of the molecule is CC.CC.Cc1scc2c1CN(C)C2.Cc1scc2c1COC2. The summed E-state index contributed by atoms with van der Waals surface area (Å²) in [5.74, 6) is 0. The average molecular weight is 354 g/mol. The topological polar surface area (TPSA) is 12.5 Å². The van der Waals surface area contributed by atoms with Crippen LogP contribution in [0.1, 0.15) is 59.7 Å². The Hall–Kier alpha value is -0.680. The van der Waals surface area contributed by atoms with E-state index in [0.717, 1.165) is 26.3 Å². The van der Waals surface area contributed by atoms with E-state index in [1.165, 1.54) is 20.9 Å². The molecule has 4 rings (SSSR count). The predicted molar refractivity (Wildman–Crippen MR) is 104 cm³/mol. The smallest absolute Gasteiger partial charge is 0.0735 e. The van der Waals surface area contributed by atoms with Gasteiger partial charge in [0.05, 0.1) is 13.2 Å². The molecule has 0 amide bonds. The molecular weight excluding hydrogens is 322 g/mol. The van der Waals surface area contributed by atoms with Crippen molar-refractivity contribution in [2.45, 2.75) is 67.8 Å². The minimum Gasteiger partial charge on any atom is -0.372 e. The van der Waals surface area contributed by atoms with Crippen LogP contribution in [0.2, 0.25) is 0 Å². The van der Waals surface area contributed by atoms with Crippen LogP contribution in [0, 0.1) is 13.8 Å². The largest absolute Gasteiger partial charge is 0.372 e. The van der Waals surface area contributed by atoms with Crippen LogP contribution < -0.4 is 0 Å². The van der Waals surface area contributed by atoms with Gasteiger partial charge in [0, 0.05) is 22.8 Å². The fourth-order valence-corrected chi connectivity index (χ4v) is 4.33. The molecule has 0 aliphatic carbocycles. The van der Waals surface area contributed by atoms with Crippen molar-refractivity contribution in [3.8, 4) is 0 Å². The van der Waals surface area contributed by atoms with Gasteiger partial charge in [-0.1, -0.05) is 27.7 Å². The number of thiophene rings is 2. The number of aryl methyl sites for hydroxylation is 2. The van der Waals surface area contributed by atoms with Gasteiger partial charge in [0.2, 0.25) is 0 Å². The Balaban J connectivity index is 0.000000190. The van der Waals surface area contributed by atoms with Crippen LogP contribution in [-0.4, -0.2) is 11.9 Å². The van der Waals surface area contributed by atoms with Gasteiger partial charge in [0.15, 0.2) is 0 Å². The quantitative estimate of drug-likeness (QED) is 0.564. The van der Waals surface area contributed by atoms with Gasteiger partial charge in [-0.15, -0.1) is 22.7 Å². The number of nitrogens with zero attached hydrogens (tertiary/aromatic N) is 1. The van der Waals surface area contributed by atoms with E-state index in [2.05, 4.69) is 36.6 Å². The third kappa shape index (κ3) is 5.15. The third-order valence-corrected chi connectivity index (χ3v) is 5.76. The lowest BCUT2D eigenvalue weighted by Gasteiger charge is -2.04. The van der Waals surface area contributed by atoms with Crippen molar-refractivity contribution in [1.82, 2.24) is 4.90 Å². The van der Waals surface area contributed by atoms with Gasteiger partial charge in [-0.3, -0.25) is 4.90 Å². The maximum atomic E-state index is 5.24. The minimum atomic E-state index is 0.833. The van der Waals surface area contributed by atoms with E-state index < -0.39 is 0 Å². The van der Waals surface area contributed by atoms with Crippen LogP contribution in [-0.2, 0) is 31.0 Å². The molecule has 4 heteroatoms. The molecule has 0 bridgehead atoms. The van der Waals surface area contributed by atoms with E-state index in [1.54, 1.807) is 11.1 Å². The Labute approximate surface area is 150 Å². The lowest BCUT2D eigenvalue weighted by molar-refractivity contribution is 0.134. The zero-order valence-corrected chi connectivity index (χ0v) is 17.3. The average Bonchev–Trinajstić information content (AvgIpc) is 3.32. The maximum Gasteiger partial charge on any atom is 0.0735 e. The summed E-state index contributed by atoms with van der Waals surface area (Å²) in [6.45, 7) is 16.3. The Morgan fingerprint density at radius 1 is 0.826 bits per heavy atom. The van der Waals surface area contributed by atoms with Crippen molar-refractivity contribution >= 4 is 22.7 Å². The van der Waals surface area contributed by atoms with Crippen molar-refractivity contribution < 1.29 is 4.74 Å². The Bertz CT molecular complexity index is 586. The molecule has 0 fully saturated rings. The number of hydrogen-bond donors (Lipinski definition) is 0. The molecule has 0 N–H and O–H groups in total. The van der Waals surface area contributed by atoms with Crippen LogP contribution in [0.25, 0.3) is 0 Å². The summed E-state index contributed by atoms with van der Waals surface area (Å²) in [4.78, 5) is 5.27. The molecule has 130 valence electrons. The summed E-state index contributed by atoms with van der Waals surface area (Å²) in [5.41, 5.74) is 5.95. The first-order chi connectivity index (χ1) is 11.1. The molecule has 4 heterocycles. The van der Waals surface area contributed by atoms with E-state index in [9.17, 15) is 0 Å². The van der Waals surface area contributed by atoms with Crippen molar-refractivity contribution in [1.29, 1.82) is 0 Å². The maximum absolute atomic E-state index is 5.24. The van der Waals surface area contributed by atoms with E-state index in [4.69, 9.17) is 4.74 Å². The van der Waals surface area contributed by atoms with Crippen LogP contribution in [0.5, 0.6) is 0 Å². The summed E-state index contributed by atoms with van der Waals surface area (Å²) >= 11 is 3.71. The molecule has 0 spiro atoms. The number of rotatable bonds is 0. The molecule has 0 aromatic carbocycles. The molecule has 0 saturated carbocycles. The van der Waals surface area contributed by atoms with Crippen molar-refractivity contribution in [2.24, 2.45) is 0 Å². The summed E-state index contributed by atoms with van der Waals surface area (Å²) in [6.07, 6.45) is 0. The molecule has 2 aliphatic rings. The van der Waals surface area contributed by atoms with Gasteiger partial charge in [0.25, 0.3) is 0 Å². The zero-order chi connectivity index (χ0) is 17.4. The minimum absolute atomic E-state index is 0.833. The number of hydrogen-bond acceptors (Lipinski definition) is 4. The number of ether oxygens (including phenoxy) is 1. The Kier molecular flexibility index (Phi) is 9.07. The molecule has 0 saturated heterocycles. The highest BCUT2D eigenvalue weighted by Crippen LogP contribution is 2.29. The first-order valence-corrected chi connectivity index (χ1v) is 10.3. The van der Waals surface area contributed by atoms with Crippen LogP contribution >= 0.6 is 22.7 Å². The lowest BCUT2D eigenvalue weighted by atomic mass is 10.2. The lowest BCUT2D eigenvalue weighted by Crippen LogP contribution is -2.07. The molecule has 0 unspecified atom stereocenters. The van der Waals surface area contributed by atoms with Crippen LogP contribution in [0.15, 0.2) is 10.8 Å². The highest BCUT2D eigenvalue weighted by molar-refractivity contribution is 7.10. The van der Waals surface area contributed by atoms with E-state index in [-0.39, 0.29) is 0 Å². The van der Waals surface area contributed by atoms with Gasteiger partial charge >= 0.3 is 0 Å². The molecule has 2 aromatic rings. The standard InChI is InChI=1S/C8H11NS.C7H8OS.2C2H6/c1-6-8-4-9(2)3-7(8)5-10-6;1-5-7-3-8-2-6(7)4-9-5;2*1-2/h5H,3-4H2,1-2H3;4H,2-3H2,1H3;2*1-2H3. The zero-order valence-electron chi connectivity index (χ0n) is 15.7. The van der Waals surface area contributed by atoms with Crippen LogP contribution in [0.3, 0.4) is 0 Å². The van der Waals surface area contributed by atoms with Crippen molar-refractivity contribution in [3.05, 3.63) is 42.8 Å². The van der Waals surface area contributed by atoms with Crippen molar-refractivity contribution in [3.63, 3.8) is 0 Å². The normalized spacial score (nSPS) is 14.6. The predicted octanol–water partition coefficient (Wildman–Crippen LogP) is 6.14. The summed E-state index contributed by atoms with van der Waals surface area (Å²) in [7, 11) is 2.17. The van der Waals surface area contributed by atoms with Gasteiger partial charge in [-0.25, -0.2) is 0 Å². The molecule has 0 radical (unpaired) electrons. The molecular formula is C19H31NOS2. The molecule has 0 atom stereocenters. The Morgan fingerprint density at radius 2 is 1.39 bits per heavy atom. The highest BCUT2D eigenvalue weighted by atomic mass is 32.1. The summed E-state index contributed by atoms with van der Waals surface area (Å²) in [5, 5.41) is 4.48. The van der Waals surface area contributed by atoms with Crippen LogP contribution in [0.4, 0.5) is 0 Å². The van der Waals surface area contributed by atoms with Gasteiger partial charge < -0.3 is 4.74 Å². The second-order valence-corrected chi connectivity index (χ2v) is 7.42. The second-order valence-electron chi connectivity index (χ2n) is 5.26. The fraction of sp³-hybridized carbons (Fsp3) is 0.579. The monoisotopic (exact) mass is 353 g/mol. The van der Waals surface area contributed by atoms with Gasteiger partial charge in [-0.2, -0.15) is 0 Å². The molecule has 2 aromatic heterocycles. The van der Waals surface area contributed by atoms with E-state index in [1.807, 2.05) is 50.4 Å². The van der Waals surface area contributed by atoms with E-state index >= 15 is 0 Å². The first kappa shape index (κ1) is 20.4. The summed E-state index contributed by atoms with van der Waals surface area (Å²) < 4.78 is 5.24. The van der Waals surface area contributed by atoms with E-state index in [0.29, 0.717) is 0 Å². The first-order valence-electron chi connectivity index (χ1n) is 8.53. The van der Waals surface area contributed by atoms with Gasteiger partial charge in [-0.05, 0) is 53.9 Å². The van der Waals surface area contributed by atoms with Crippen molar-refractivity contribution in [2.75, 3.05) is 7.05 Å².